The van der Waals surface area contributed by atoms with Crippen molar-refractivity contribution in [1.29, 1.82) is 0 Å². The van der Waals surface area contributed by atoms with Crippen LogP contribution in [-0.4, -0.2) is 4.98 Å². The summed E-state index contributed by atoms with van der Waals surface area (Å²) < 4.78 is 0. The molecule has 1 aromatic heterocycles. The van der Waals surface area contributed by atoms with Crippen molar-refractivity contribution in [2.45, 2.75) is 38.4 Å². The fraction of sp³-hybridized carbons (Fsp3) is 0.400. The van der Waals surface area contributed by atoms with Crippen molar-refractivity contribution in [3.8, 4) is 0 Å². The normalized spacial score (nSPS) is 12.6. The summed E-state index contributed by atoms with van der Waals surface area (Å²) in [7, 11) is 0. The Morgan fingerprint density at radius 3 is 2.58 bits per heavy atom. The first-order valence-corrected chi connectivity index (χ1v) is 7.94. The maximum atomic E-state index is 5.72. The van der Waals surface area contributed by atoms with E-state index in [0.29, 0.717) is 0 Å². The molecule has 0 aliphatic carbocycles. The van der Waals surface area contributed by atoms with Crippen molar-refractivity contribution >= 4 is 29.7 Å². The molecule has 2 rings (SSSR count). The Labute approximate surface area is 124 Å². The molecule has 0 fully saturated rings. The number of nitrogens with zero attached hydrogens (tertiary/aromatic N) is 1. The van der Waals surface area contributed by atoms with Crippen LogP contribution in [0.3, 0.4) is 0 Å². The summed E-state index contributed by atoms with van der Waals surface area (Å²) in [5.74, 6) is 0. The highest BCUT2D eigenvalue weighted by Gasteiger charge is 2.13. The summed E-state index contributed by atoms with van der Waals surface area (Å²) in [6.45, 7) is 4.26. The summed E-state index contributed by atoms with van der Waals surface area (Å²) in [5, 5.41) is 1.33. The van der Waals surface area contributed by atoms with E-state index in [4.69, 9.17) is 10.7 Å². The van der Waals surface area contributed by atoms with Gasteiger partial charge >= 0.3 is 0 Å². The number of hydrogen-bond donors (Lipinski definition) is 2. The molecule has 1 aromatic carbocycles. The number of aryl methyl sites for hydroxylation is 1. The summed E-state index contributed by atoms with van der Waals surface area (Å²) in [4.78, 5) is 6.09. The molecular formula is C15H20N2S2. The first kappa shape index (κ1) is 14.4. The van der Waals surface area contributed by atoms with Gasteiger partial charge in [0, 0.05) is 17.0 Å². The van der Waals surface area contributed by atoms with Crippen LogP contribution in [0.5, 0.6) is 0 Å². The number of thiol groups is 1. The van der Waals surface area contributed by atoms with Crippen LogP contribution in [0.25, 0.3) is 0 Å². The summed E-state index contributed by atoms with van der Waals surface area (Å²) in [6.07, 6.45) is 3.11. The fourth-order valence-corrected chi connectivity index (χ4v) is 3.27. The third-order valence-electron chi connectivity index (χ3n) is 2.98. The van der Waals surface area contributed by atoms with Gasteiger partial charge in [0.05, 0.1) is 10.9 Å². The molecule has 19 heavy (non-hydrogen) atoms. The Bertz CT molecular complexity index is 530. The van der Waals surface area contributed by atoms with Crippen molar-refractivity contribution in [2.24, 2.45) is 0 Å². The van der Waals surface area contributed by atoms with Crippen LogP contribution in [0.15, 0.2) is 24.3 Å². The molecule has 0 bridgehead atoms. The number of rotatable bonds is 5. The van der Waals surface area contributed by atoms with Crippen LogP contribution in [-0.2, 0) is 12.8 Å². The summed E-state index contributed by atoms with van der Waals surface area (Å²) in [6, 6.07) is 8.10. The molecule has 102 valence electrons. The van der Waals surface area contributed by atoms with Crippen LogP contribution in [0.1, 0.15) is 46.7 Å². The second-order valence-electron chi connectivity index (χ2n) is 4.77. The second kappa shape index (κ2) is 6.44. The molecule has 0 aliphatic rings. The van der Waals surface area contributed by atoms with E-state index in [-0.39, 0.29) is 5.25 Å². The lowest BCUT2D eigenvalue weighted by Crippen LogP contribution is -1.93. The number of hydrogen-bond acceptors (Lipinski definition) is 4. The smallest absolute Gasteiger partial charge is 0.106 e. The lowest BCUT2D eigenvalue weighted by Gasteiger charge is -2.02. The number of benzene rings is 1. The number of nitrogens with two attached hydrogens (primary N) is 1. The molecule has 0 saturated heterocycles. The van der Waals surface area contributed by atoms with Crippen molar-refractivity contribution in [2.75, 3.05) is 5.73 Å². The highest BCUT2D eigenvalue weighted by Crippen LogP contribution is 2.29. The van der Waals surface area contributed by atoms with Gasteiger partial charge in [-0.25, -0.2) is 4.98 Å². The molecule has 0 amide bonds. The number of nitrogen functional groups attached to an aromatic ring is 1. The van der Waals surface area contributed by atoms with Crippen molar-refractivity contribution in [3.63, 3.8) is 0 Å². The molecule has 4 heteroatoms. The van der Waals surface area contributed by atoms with Crippen LogP contribution in [0, 0.1) is 0 Å². The molecule has 0 radical (unpaired) electrons. The number of thiazole rings is 1. The Kier molecular flexibility index (Phi) is 4.88. The maximum absolute atomic E-state index is 5.72. The second-order valence-corrected chi connectivity index (χ2v) is 6.66. The number of anilines is 1. The molecule has 2 N–H and O–H groups in total. The van der Waals surface area contributed by atoms with Crippen molar-refractivity contribution in [1.82, 2.24) is 4.98 Å². The maximum Gasteiger partial charge on any atom is 0.106 e. The van der Waals surface area contributed by atoms with Gasteiger partial charge in [-0.2, -0.15) is 12.6 Å². The van der Waals surface area contributed by atoms with Gasteiger partial charge in [-0.1, -0.05) is 25.5 Å². The van der Waals surface area contributed by atoms with Crippen LogP contribution in [0.2, 0.25) is 0 Å². The van der Waals surface area contributed by atoms with E-state index in [9.17, 15) is 0 Å². The van der Waals surface area contributed by atoms with Gasteiger partial charge in [-0.15, -0.1) is 11.3 Å². The average Bonchev–Trinajstić information content (AvgIpc) is 2.76. The Hall–Kier alpha value is -1.00. The minimum atomic E-state index is 0.209. The van der Waals surface area contributed by atoms with Gasteiger partial charge in [-0.3, -0.25) is 0 Å². The van der Waals surface area contributed by atoms with Crippen LogP contribution in [0.4, 0.5) is 5.69 Å². The minimum Gasteiger partial charge on any atom is -0.399 e. The van der Waals surface area contributed by atoms with Gasteiger partial charge in [0.25, 0.3) is 0 Å². The van der Waals surface area contributed by atoms with Gasteiger partial charge < -0.3 is 5.73 Å². The predicted octanol–water partition coefficient (Wildman–Crippen LogP) is 4.26. The molecule has 0 aliphatic heterocycles. The summed E-state index contributed by atoms with van der Waals surface area (Å²) in [5.41, 5.74) is 9.06. The first-order chi connectivity index (χ1) is 9.10. The Morgan fingerprint density at radius 2 is 2.00 bits per heavy atom. The quantitative estimate of drug-likeness (QED) is 0.638. The van der Waals surface area contributed by atoms with E-state index in [1.165, 1.54) is 16.1 Å². The predicted molar refractivity (Wildman–Crippen MR) is 87.2 cm³/mol. The third-order valence-corrected chi connectivity index (χ3v) is 4.68. The van der Waals surface area contributed by atoms with Gasteiger partial charge in [0.1, 0.15) is 5.01 Å². The van der Waals surface area contributed by atoms with E-state index in [2.05, 4.69) is 38.6 Å². The largest absolute Gasteiger partial charge is 0.399 e. The lowest BCUT2D eigenvalue weighted by atomic mass is 10.1. The minimum absolute atomic E-state index is 0.209. The van der Waals surface area contributed by atoms with Crippen LogP contribution >= 0.6 is 24.0 Å². The molecule has 0 saturated carbocycles. The van der Waals surface area contributed by atoms with Crippen molar-refractivity contribution < 1.29 is 0 Å². The fourth-order valence-electron chi connectivity index (χ4n) is 1.97. The Morgan fingerprint density at radius 1 is 1.32 bits per heavy atom. The lowest BCUT2D eigenvalue weighted by molar-refractivity contribution is 0.866. The Balaban J connectivity index is 2.24. The average molecular weight is 292 g/mol. The number of aromatic nitrogens is 1. The third kappa shape index (κ3) is 3.74. The van der Waals surface area contributed by atoms with E-state index in [1.807, 2.05) is 12.1 Å². The van der Waals surface area contributed by atoms with E-state index in [0.717, 1.165) is 30.0 Å². The SMILES string of the molecule is CCCc1nc(C(C)S)sc1Cc1ccc(N)cc1. The molecule has 1 heterocycles. The van der Waals surface area contributed by atoms with Gasteiger partial charge in [-0.05, 0) is 31.0 Å². The standard InChI is InChI=1S/C15H20N2S2/c1-3-4-13-14(19-15(17-13)10(2)18)9-11-5-7-12(16)8-6-11/h5-8,10,18H,3-4,9,16H2,1-2H3. The molecule has 0 spiro atoms. The zero-order valence-corrected chi connectivity index (χ0v) is 13.1. The summed E-state index contributed by atoms with van der Waals surface area (Å²) >= 11 is 6.28. The molecule has 2 aromatic rings. The molecule has 2 nitrogen and oxygen atoms in total. The highest BCUT2D eigenvalue weighted by molar-refractivity contribution is 7.80. The monoisotopic (exact) mass is 292 g/mol. The molecular weight excluding hydrogens is 272 g/mol. The highest BCUT2D eigenvalue weighted by atomic mass is 32.1. The van der Waals surface area contributed by atoms with E-state index >= 15 is 0 Å². The molecule has 1 unspecified atom stereocenters. The first-order valence-electron chi connectivity index (χ1n) is 6.61. The molecule has 1 atom stereocenters. The van der Waals surface area contributed by atoms with Gasteiger partial charge in [0.15, 0.2) is 0 Å². The van der Waals surface area contributed by atoms with Crippen molar-refractivity contribution in [3.05, 3.63) is 45.4 Å². The van der Waals surface area contributed by atoms with Gasteiger partial charge in [0.2, 0.25) is 0 Å². The topological polar surface area (TPSA) is 38.9 Å². The zero-order chi connectivity index (χ0) is 13.8. The van der Waals surface area contributed by atoms with E-state index in [1.54, 1.807) is 11.3 Å². The van der Waals surface area contributed by atoms with E-state index < -0.39 is 0 Å². The zero-order valence-electron chi connectivity index (χ0n) is 11.4. The van der Waals surface area contributed by atoms with Crippen LogP contribution < -0.4 is 5.73 Å².